The van der Waals surface area contributed by atoms with Crippen LogP contribution in [0.4, 0.5) is 0 Å². The van der Waals surface area contributed by atoms with Crippen LogP contribution in [-0.4, -0.2) is 43.3 Å². The van der Waals surface area contributed by atoms with Crippen molar-refractivity contribution in [1.82, 2.24) is 4.90 Å². The molecule has 2 fully saturated rings. The molecule has 2 rings (SSSR count). The number of hydrogen-bond acceptors (Lipinski definition) is 3. The molecule has 2 aliphatic rings. The molecular weight excluding hydrogens is 140 g/mol. The van der Waals surface area contributed by atoms with Crippen molar-refractivity contribution in [2.24, 2.45) is 5.73 Å². The molecule has 11 heavy (non-hydrogen) atoms. The molecule has 0 unspecified atom stereocenters. The van der Waals surface area contributed by atoms with Crippen LogP contribution in [0.25, 0.3) is 0 Å². The zero-order chi connectivity index (χ0) is 7.90. The number of likely N-dealkylation sites (tertiary alicyclic amines) is 1. The largest absolute Gasteiger partial charge is 0.375 e. The molecule has 2 heterocycles. The molecule has 64 valence electrons. The first-order valence-corrected chi connectivity index (χ1v) is 4.30. The standard InChI is InChI=1S/C8H16N2O/c1-10-5-7-8(9,6-10)3-2-4-11-7/h7H,2-6,9H2,1H3/t7-,8+/m0/s1. The van der Waals surface area contributed by atoms with Gasteiger partial charge in [0, 0.05) is 19.7 Å². The lowest BCUT2D eigenvalue weighted by molar-refractivity contribution is -0.0140. The van der Waals surface area contributed by atoms with Crippen LogP contribution >= 0.6 is 0 Å². The summed E-state index contributed by atoms with van der Waals surface area (Å²) >= 11 is 0. The summed E-state index contributed by atoms with van der Waals surface area (Å²) in [6, 6.07) is 0. The molecule has 3 nitrogen and oxygen atoms in total. The van der Waals surface area contributed by atoms with Crippen molar-refractivity contribution < 1.29 is 4.74 Å². The number of nitrogens with zero attached hydrogens (tertiary/aromatic N) is 1. The van der Waals surface area contributed by atoms with E-state index < -0.39 is 0 Å². The Morgan fingerprint density at radius 3 is 3.18 bits per heavy atom. The highest BCUT2D eigenvalue weighted by Crippen LogP contribution is 2.29. The van der Waals surface area contributed by atoms with E-state index in [-0.39, 0.29) is 5.54 Å². The van der Waals surface area contributed by atoms with Gasteiger partial charge in [0.25, 0.3) is 0 Å². The van der Waals surface area contributed by atoms with Crippen molar-refractivity contribution in [2.75, 3.05) is 26.7 Å². The van der Waals surface area contributed by atoms with Crippen molar-refractivity contribution in [2.45, 2.75) is 24.5 Å². The molecule has 0 bridgehead atoms. The predicted octanol–water partition coefficient (Wildman–Crippen LogP) is -0.192. The molecule has 0 aliphatic carbocycles. The minimum absolute atomic E-state index is 0.0347. The number of hydrogen-bond donors (Lipinski definition) is 1. The maximum absolute atomic E-state index is 6.19. The average molecular weight is 156 g/mol. The van der Waals surface area contributed by atoms with Gasteiger partial charge >= 0.3 is 0 Å². The van der Waals surface area contributed by atoms with Crippen LogP contribution in [0.1, 0.15) is 12.8 Å². The number of fused-ring (bicyclic) bond motifs is 1. The second kappa shape index (κ2) is 2.44. The molecule has 0 amide bonds. The Morgan fingerprint density at radius 2 is 2.45 bits per heavy atom. The lowest BCUT2D eigenvalue weighted by atomic mass is 9.89. The molecule has 0 aromatic carbocycles. The third-order valence-electron chi connectivity index (χ3n) is 2.79. The fraction of sp³-hybridized carbons (Fsp3) is 1.00. The Hall–Kier alpha value is -0.120. The van der Waals surface area contributed by atoms with Crippen molar-refractivity contribution in [3.05, 3.63) is 0 Å². The Labute approximate surface area is 67.5 Å². The highest BCUT2D eigenvalue weighted by molar-refractivity contribution is 5.03. The van der Waals surface area contributed by atoms with E-state index in [2.05, 4.69) is 11.9 Å². The fourth-order valence-electron chi connectivity index (χ4n) is 2.22. The van der Waals surface area contributed by atoms with Crippen molar-refractivity contribution in [3.8, 4) is 0 Å². The molecule has 3 heteroatoms. The summed E-state index contributed by atoms with van der Waals surface area (Å²) in [6.45, 7) is 2.91. The first kappa shape index (κ1) is 7.53. The summed E-state index contributed by atoms with van der Waals surface area (Å²) in [7, 11) is 2.11. The van der Waals surface area contributed by atoms with E-state index in [0.29, 0.717) is 6.10 Å². The van der Waals surface area contributed by atoms with Gasteiger partial charge in [-0.3, -0.25) is 0 Å². The SMILES string of the molecule is CN1C[C@@H]2OCCC[C@@]2(N)C1. The van der Waals surface area contributed by atoms with Gasteiger partial charge in [0.15, 0.2) is 0 Å². The first-order chi connectivity index (χ1) is 5.21. The summed E-state index contributed by atoms with van der Waals surface area (Å²) in [5, 5.41) is 0. The topological polar surface area (TPSA) is 38.5 Å². The van der Waals surface area contributed by atoms with Gasteiger partial charge in [0.1, 0.15) is 0 Å². The number of nitrogens with two attached hydrogens (primary N) is 1. The third kappa shape index (κ3) is 1.17. The molecule has 2 atom stereocenters. The lowest BCUT2D eigenvalue weighted by Gasteiger charge is -2.34. The minimum Gasteiger partial charge on any atom is -0.375 e. The van der Waals surface area contributed by atoms with Crippen LogP contribution in [0.15, 0.2) is 0 Å². The van der Waals surface area contributed by atoms with Gasteiger partial charge in [-0.05, 0) is 19.9 Å². The summed E-state index contributed by atoms with van der Waals surface area (Å²) in [4.78, 5) is 2.26. The van der Waals surface area contributed by atoms with E-state index in [4.69, 9.17) is 10.5 Å². The fourth-order valence-corrected chi connectivity index (χ4v) is 2.22. The van der Waals surface area contributed by atoms with Crippen LogP contribution in [0.5, 0.6) is 0 Å². The molecule has 0 spiro atoms. The van der Waals surface area contributed by atoms with Crippen LogP contribution in [-0.2, 0) is 4.74 Å². The van der Waals surface area contributed by atoms with Crippen LogP contribution in [0.2, 0.25) is 0 Å². The van der Waals surface area contributed by atoms with Gasteiger partial charge in [-0.15, -0.1) is 0 Å². The van der Waals surface area contributed by atoms with Crippen LogP contribution in [0, 0.1) is 0 Å². The minimum atomic E-state index is -0.0347. The third-order valence-corrected chi connectivity index (χ3v) is 2.79. The maximum atomic E-state index is 6.19. The number of likely N-dealkylation sites (N-methyl/N-ethyl adjacent to an activating group) is 1. The number of ether oxygens (including phenoxy) is 1. The molecule has 0 saturated carbocycles. The lowest BCUT2D eigenvalue weighted by Crippen LogP contribution is -2.54. The monoisotopic (exact) mass is 156 g/mol. The normalized spacial score (nSPS) is 45.8. The van der Waals surface area contributed by atoms with Crippen molar-refractivity contribution >= 4 is 0 Å². The molecule has 2 N–H and O–H groups in total. The maximum Gasteiger partial charge on any atom is 0.0893 e. The number of rotatable bonds is 0. The zero-order valence-corrected chi connectivity index (χ0v) is 7.05. The van der Waals surface area contributed by atoms with E-state index in [1.807, 2.05) is 0 Å². The first-order valence-electron chi connectivity index (χ1n) is 4.30. The van der Waals surface area contributed by atoms with E-state index in [9.17, 15) is 0 Å². The van der Waals surface area contributed by atoms with Crippen LogP contribution < -0.4 is 5.73 Å². The second-order valence-electron chi connectivity index (χ2n) is 3.89. The van der Waals surface area contributed by atoms with Gasteiger partial charge in [-0.1, -0.05) is 0 Å². The predicted molar refractivity (Wildman–Crippen MR) is 43.4 cm³/mol. The Bertz CT molecular complexity index is 162. The quantitative estimate of drug-likeness (QED) is 0.528. The van der Waals surface area contributed by atoms with Gasteiger partial charge in [0.05, 0.1) is 11.6 Å². The van der Waals surface area contributed by atoms with Gasteiger partial charge in [0.2, 0.25) is 0 Å². The summed E-state index contributed by atoms with van der Waals surface area (Å²) < 4.78 is 5.61. The van der Waals surface area contributed by atoms with Crippen molar-refractivity contribution in [1.29, 1.82) is 0 Å². The van der Waals surface area contributed by atoms with E-state index in [1.54, 1.807) is 0 Å². The van der Waals surface area contributed by atoms with E-state index >= 15 is 0 Å². The highest BCUT2D eigenvalue weighted by Gasteiger charge is 2.44. The smallest absolute Gasteiger partial charge is 0.0893 e. The molecule has 0 aromatic rings. The Morgan fingerprint density at radius 1 is 1.64 bits per heavy atom. The Kier molecular flexibility index (Phi) is 1.67. The Balaban J connectivity index is 2.11. The van der Waals surface area contributed by atoms with Gasteiger partial charge in [-0.25, -0.2) is 0 Å². The van der Waals surface area contributed by atoms with Gasteiger partial charge < -0.3 is 15.4 Å². The zero-order valence-electron chi connectivity index (χ0n) is 7.05. The second-order valence-corrected chi connectivity index (χ2v) is 3.89. The molecule has 0 aromatic heterocycles. The molecule has 2 aliphatic heterocycles. The summed E-state index contributed by atoms with van der Waals surface area (Å²) in [6.07, 6.45) is 2.55. The van der Waals surface area contributed by atoms with E-state index in [0.717, 1.165) is 32.5 Å². The van der Waals surface area contributed by atoms with Gasteiger partial charge in [-0.2, -0.15) is 0 Å². The molecule has 0 radical (unpaired) electrons. The summed E-state index contributed by atoms with van der Waals surface area (Å²) in [5.74, 6) is 0. The molecular formula is C8H16N2O. The highest BCUT2D eigenvalue weighted by atomic mass is 16.5. The van der Waals surface area contributed by atoms with E-state index in [1.165, 1.54) is 0 Å². The molecule has 2 saturated heterocycles. The average Bonchev–Trinajstić information content (AvgIpc) is 2.22. The summed E-state index contributed by atoms with van der Waals surface area (Å²) in [5.41, 5.74) is 6.15. The van der Waals surface area contributed by atoms with Crippen LogP contribution in [0.3, 0.4) is 0 Å². The van der Waals surface area contributed by atoms with Crippen molar-refractivity contribution in [3.63, 3.8) is 0 Å².